The van der Waals surface area contributed by atoms with Gasteiger partial charge in [-0.2, -0.15) is 0 Å². The van der Waals surface area contributed by atoms with Crippen LogP contribution in [0.2, 0.25) is 0 Å². The third kappa shape index (κ3) is 3.16. The molecule has 0 saturated carbocycles. The number of rotatable bonds is 4. The first-order chi connectivity index (χ1) is 10.4. The van der Waals surface area contributed by atoms with Crippen molar-refractivity contribution in [1.29, 1.82) is 0 Å². The van der Waals surface area contributed by atoms with Crippen molar-refractivity contribution < 1.29 is 0 Å². The summed E-state index contributed by atoms with van der Waals surface area (Å²) < 4.78 is 0. The average Bonchev–Trinajstić information content (AvgIpc) is 2.57. The molecule has 0 radical (unpaired) electrons. The first kappa shape index (κ1) is 13.9. The van der Waals surface area contributed by atoms with E-state index in [0.29, 0.717) is 0 Å². The smallest absolute Gasteiger partial charge is 0.128 e. The monoisotopic (exact) mass is 282 g/mol. The standard InChI is InChI=1S/C17H22N4/c1-18-14-15-6-2-3-7-16(15)20-10-12-21(13-11-20)17-8-4-5-9-19-17/h2-9,18H,10-14H2,1H3. The molecule has 110 valence electrons. The zero-order chi connectivity index (χ0) is 14.5. The predicted octanol–water partition coefficient (Wildman–Crippen LogP) is 2.13. The number of aromatic nitrogens is 1. The molecule has 0 bridgehead atoms. The Balaban J connectivity index is 1.69. The Morgan fingerprint density at radius 2 is 1.67 bits per heavy atom. The van der Waals surface area contributed by atoms with Crippen molar-refractivity contribution in [3.63, 3.8) is 0 Å². The molecule has 4 nitrogen and oxygen atoms in total. The van der Waals surface area contributed by atoms with Gasteiger partial charge in [-0.05, 0) is 30.8 Å². The van der Waals surface area contributed by atoms with Crippen LogP contribution in [0.25, 0.3) is 0 Å². The molecule has 1 aromatic carbocycles. The Kier molecular flexibility index (Phi) is 4.36. The summed E-state index contributed by atoms with van der Waals surface area (Å²) in [6.45, 7) is 5.03. The molecule has 1 aliphatic heterocycles. The molecule has 1 N–H and O–H groups in total. The highest BCUT2D eigenvalue weighted by molar-refractivity contribution is 5.55. The number of piperazine rings is 1. The molecule has 1 saturated heterocycles. The molecule has 0 amide bonds. The summed E-state index contributed by atoms with van der Waals surface area (Å²) >= 11 is 0. The molecule has 3 rings (SSSR count). The van der Waals surface area contributed by atoms with Crippen LogP contribution in [0.15, 0.2) is 48.7 Å². The van der Waals surface area contributed by atoms with Crippen molar-refractivity contribution in [1.82, 2.24) is 10.3 Å². The number of hydrogen-bond donors (Lipinski definition) is 1. The molecule has 1 aromatic heterocycles. The van der Waals surface area contributed by atoms with Crippen molar-refractivity contribution in [2.75, 3.05) is 43.0 Å². The second-order valence-electron chi connectivity index (χ2n) is 5.32. The highest BCUT2D eigenvalue weighted by Crippen LogP contribution is 2.23. The van der Waals surface area contributed by atoms with Crippen LogP contribution in [-0.4, -0.2) is 38.2 Å². The van der Waals surface area contributed by atoms with Crippen LogP contribution < -0.4 is 15.1 Å². The van der Waals surface area contributed by atoms with Crippen molar-refractivity contribution in [2.45, 2.75) is 6.54 Å². The van der Waals surface area contributed by atoms with E-state index in [1.807, 2.05) is 19.3 Å². The summed E-state index contributed by atoms with van der Waals surface area (Å²) in [5.74, 6) is 1.08. The fourth-order valence-corrected chi connectivity index (χ4v) is 2.88. The minimum Gasteiger partial charge on any atom is -0.368 e. The lowest BCUT2D eigenvalue weighted by Gasteiger charge is -2.37. The van der Waals surface area contributed by atoms with Crippen LogP contribution in [0.4, 0.5) is 11.5 Å². The minimum absolute atomic E-state index is 0.913. The number of para-hydroxylation sites is 1. The van der Waals surface area contributed by atoms with E-state index >= 15 is 0 Å². The highest BCUT2D eigenvalue weighted by atomic mass is 15.3. The number of nitrogens with zero attached hydrogens (tertiary/aromatic N) is 3. The lowest BCUT2D eigenvalue weighted by molar-refractivity contribution is 0.643. The fourth-order valence-electron chi connectivity index (χ4n) is 2.88. The van der Waals surface area contributed by atoms with Crippen LogP contribution in [0, 0.1) is 0 Å². The largest absolute Gasteiger partial charge is 0.368 e. The fraction of sp³-hybridized carbons (Fsp3) is 0.353. The van der Waals surface area contributed by atoms with Gasteiger partial charge in [0.15, 0.2) is 0 Å². The normalized spacial score (nSPS) is 15.3. The lowest BCUT2D eigenvalue weighted by atomic mass is 10.1. The van der Waals surface area contributed by atoms with Gasteiger partial charge in [0.2, 0.25) is 0 Å². The zero-order valence-corrected chi connectivity index (χ0v) is 12.5. The molecule has 4 heteroatoms. The van der Waals surface area contributed by atoms with Crippen molar-refractivity contribution >= 4 is 11.5 Å². The number of nitrogens with one attached hydrogen (secondary N) is 1. The summed E-state index contributed by atoms with van der Waals surface area (Å²) in [4.78, 5) is 9.28. The molecule has 1 fully saturated rings. The van der Waals surface area contributed by atoms with Gasteiger partial charge in [0, 0.05) is 44.6 Å². The molecular formula is C17H22N4. The molecule has 0 spiro atoms. The molecule has 1 aliphatic rings. The second kappa shape index (κ2) is 6.59. The van der Waals surface area contributed by atoms with Crippen LogP contribution in [-0.2, 0) is 6.54 Å². The van der Waals surface area contributed by atoms with Crippen LogP contribution in [0.3, 0.4) is 0 Å². The van der Waals surface area contributed by atoms with E-state index in [1.165, 1.54) is 11.3 Å². The summed E-state index contributed by atoms with van der Waals surface area (Å²) in [7, 11) is 2.00. The maximum absolute atomic E-state index is 4.44. The van der Waals surface area contributed by atoms with E-state index in [2.05, 4.69) is 56.5 Å². The van der Waals surface area contributed by atoms with Gasteiger partial charge >= 0.3 is 0 Å². The van der Waals surface area contributed by atoms with Gasteiger partial charge < -0.3 is 15.1 Å². The van der Waals surface area contributed by atoms with Crippen LogP contribution >= 0.6 is 0 Å². The SMILES string of the molecule is CNCc1ccccc1N1CCN(c2ccccn2)CC1. The van der Waals surface area contributed by atoms with Gasteiger partial charge in [0.1, 0.15) is 5.82 Å². The quantitative estimate of drug-likeness (QED) is 0.931. The maximum Gasteiger partial charge on any atom is 0.128 e. The van der Waals surface area contributed by atoms with Crippen molar-refractivity contribution in [3.8, 4) is 0 Å². The zero-order valence-electron chi connectivity index (χ0n) is 12.5. The number of anilines is 2. The van der Waals surface area contributed by atoms with Gasteiger partial charge in [-0.25, -0.2) is 4.98 Å². The number of pyridine rings is 1. The second-order valence-corrected chi connectivity index (χ2v) is 5.32. The summed E-state index contributed by atoms with van der Waals surface area (Å²) in [5.41, 5.74) is 2.72. The van der Waals surface area contributed by atoms with Gasteiger partial charge in [-0.3, -0.25) is 0 Å². The summed E-state index contributed by atoms with van der Waals surface area (Å²) in [6.07, 6.45) is 1.87. The van der Waals surface area contributed by atoms with Crippen LogP contribution in [0.5, 0.6) is 0 Å². The van der Waals surface area contributed by atoms with E-state index in [4.69, 9.17) is 0 Å². The molecule has 0 unspecified atom stereocenters. The Morgan fingerprint density at radius 3 is 2.38 bits per heavy atom. The van der Waals surface area contributed by atoms with E-state index in [0.717, 1.165) is 38.5 Å². The number of hydrogen-bond acceptors (Lipinski definition) is 4. The van der Waals surface area contributed by atoms with E-state index < -0.39 is 0 Å². The topological polar surface area (TPSA) is 31.4 Å². The van der Waals surface area contributed by atoms with E-state index in [9.17, 15) is 0 Å². The van der Waals surface area contributed by atoms with Gasteiger partial charge in [0.25, 0.3) is 0 Å². The predicted molar refractivity (Wildman–Crippen MR) is 87.9 cm³/mol. The van der Waals surface area contributed by atoms with Gasteiger partial charge in [-0.15, -0.1) is 0 Å². The Labute approximate surface area is 126 Å². The van der Waals surface area contributed by atoms with E-state index in [1.54, 1.807) is 0 Å². The van der Waals surface area contributed by atoms with Gasteiger partial charge in [0.05, 0.1) is 0 Å². The Morgan fingerprint density at radius 1 is 0.952 bits per heavy atom. The molecule has 2 heterocycles. The average molecular weight is 282 g/mol. The lowest BCUT2D eigenvalue weighted by Crippen LogP contribution is -2.47. The van der Waals surface area contributed by atoms with Gasteiger partial charge in [-0.1, -0.05) is 24.3 Å². The van der Waals surface area contributed by atoms with Crippen LogP contribution in [0.1, 0.15) is 5.56 Å². The third-order valence-corrected chi connectivity index (χ3v) is 3.95. The maximum atomic E-state index is 4.44. The first-order valence-electron chi connectivity index (χ1n) is 7.52. The number of benzene rings is 1. The molecule has 0 atom stereocenters. The third-order valence-electron chi connectivity index (χ3n) is 3.95. The molecular weight excluding hydrogens is 260 g/mol. The van der Waals surface area contributed by atoms with Crippen molar-refractivity contribution in [2.24, 2.45) is 0 Å². The Hall–Kier alpha value is -2.07. The highest BCUT2D eigenvalue weighted by Gasteiger charge is 2.19. The van der Waals surface area contributed by atoms with Crippen molar-refractivity contribution in [3.05, 3.63) is 54.2 Å². The molecule has 21 heavy (non-hydrogen) atoms. The summed E-state index contributed by atoms with van der Waals surface area (Å²) in [5, 5.41) is 3.25. The Bertz CT molecular complexity index is 562. The molecule has 2 aromatic rings. The van der Waals surface area contributed by atoms with E-state index in [-0.39, 0.29) is 0 Å². The summed E-state index contributed by atoms with van der Waals surface area (Å²) in [6, 6.07) is 14.8. The first-order valence-corrected chi connectivity index (χ1v) is 7.52. The minimum atomic E-state index is 0.913. The molecule has 0 aliphatic carbocycles.